The minimum atomic E-state index is -1.01. The van der Waals surface area contributed by atoms with Crippen molar-refractivity contribution in [1.29, 1.82) is 0 Å². The van der Waals surface area contributed by atoms with E-state index in [0.717, 1.165) is 11.1 Å². The maximum Gasteiger partial charge on any atom is 0.321 e. The van der Waals surface area contributed by atoms with Gasteiger partial charge in [0.1, 0.15) is 12.2 Å². The molecule has 5 nitrogen and oxygen atoms in total. The van der Waals surface area contributed by atoms with Crippen LogP contribution in [0.5, 0.6) is 0 Å². The van der Waals surface area contributed by atoms with Gasteiger partial charge in [0.25, 0.3) is 0 Å². The Morgan fingerprint density at radius 1 is 0.688 bits per heavy atom. The van der Waals surface area contributed by atoms with Gasteiger partial charge in [-0.2, -0.15) is 0 Å². The molecule has 4 atom stereocenters. The van der Waals surface area contributed by atoms with E-state index in [9.17, 15) is 15.0 Å². The number of carbonyl (C=O) groups excluding carboxylic acids is 1. The second-order valence-electron chi connectivity index (χ2n) is 9.88. The SMILES string of the molecule is CC(C)C[C@@H]1[C@H](O)[C@@H](O)[C@@H](CC(C)C)N(Cc2ccccc2)C(=O)N1Cc1ccccc1. The molecule has 1 aliphatic rings. The smallest absolute Gasteiger partial charge is 0.321 e. The van der Waals surface area contributed by atoms with E-state index in [1.165, 1.54) is 0 Å². The van der Waals surface area contributed by atoms with E-state index >= 15 is 0 Å². The molecule has 3 rings (SSSR count). The van der Waals surface area contributed by atoms with Crippen molar-refractivity contribution in [2.24, 2.45) is 11.8 Å². The van der Waals surface area contributed by atoms with Gasteiger partial charge in [0, 0.05) is 13.1 Å². The Hall–Kier alpha value is -2.37. The molecule has 5 heteroatoms. The number of benzene rings is 2. The van der Waals surface area contributed by atoms with Crippen molar-refractivity contribution in [2.45, 2.75) is 77.9 Å². The fourth-order valence-electron chi connectivity index (χ4n) is 4.70. The van der Waals surface area contributed by atoms with Crippen LogP contribution in [0.2, 0.25) is 0 Å². The highest BCUT2D eigenvalue weighted by atomic mass is 16.3. The van der Waals surface area contributed by atoms with Crippen molar-refractivity contribution in [3.63, 3.8) is 0 Å². The molecule has 0 aromatic heterocycles. The fourth-order valence-corrected chi connectivity index (χ4v) is 4.70. The Morgan fingerprint density at radius 3 is 1.34 bits per heavy atom. The maximum absolute atomic E-state index is 14.1. The average Bonchev–Trinajstić information content (AvgIpc) is 2.82. The molecule has 0 aliphatic carbocycles. The van der Waals surface area contributed by atoms with Crippen molar-refractivity contribution < 1.29 is 15.0 Å². The second kappa shape index (κ2) is 11.0. The highest BCUT2D eigenvalue weighted by Gasteiger charge is 2.46. The molecular formula is C27H38N2O3. The first-order valence-electron chi connectivity index (χ1n) is 11.8. The number of amides is 2. The van der Waals surface area contributed by atoms with Gasteiger partial charge < -0.3 is 20.0 Å². The fraction of sp³-hybridized carbons (Fsp3) is 0.519. The quantitative estimate of drug-likeness (QED) is 0.629. The van der Waals surface area contributed by atoms with Crippen LogP contribution in [-0.2, 0) is 13.1 Å². The number of carbonyl (C=O) groups is 1. The zero-order valence-corrected chi connectivity index (χ0v) is 19.8. The maximum atomic E-state index is 14.1. The van der Waals surface area contributed by atoms with Crippen molar-refractivity contribution in [1.82, 2.24) is 9.80 Å². The number of aliphatic hydroxyl groups excluding tert-OH is 2. The molecule has 1 fully saturated rings. The van der Waals surface area contributed by atoms with Crippen LogP contribution in [0, 0.1) is 11.8 Å². The van der Waals surface area contributed by atoms with Crippen LogP contribution in [0.25, 0.3) is 0 Å². The molecular weight excluding hydrogens is 400 g/mol. The average molecular weight is 439 g/mol. The third kappa shape index (κ3) is 5.90. The van der Waals surface area contributed by atoms with Crippen molar-refractivity contribution in [3.05, 3.63) is 71.8 Å². The lowest BCUT2D eigenvalue weighted by atomic mass is 9.89. The largest absolute Gasteiger partial charge is 0.388 e. The van der Waals surface area contributed by atoms with Gasteiger partial charge in [-0.15, -0.1) is 0 Å². The van der Waals surface area contributed by atoms with Gasteiger partial charge in [0.2, 0.25) is 0 Å². The van der Waals surface area contributed by atoms with Crippen LogP contribution in [-0.4, -0.2) is 50.3 Å². The molecule has 2 amide bonds. The Bertz CT molecular complexity index is 771. The minimum absolute atomic E-state index is 0.121. The normalized spacial score (nSPS) is 24.3. The van der Waals surface area contributed by atoms with E-state index in [-0.39, 0.29) is 17.9 Å². The van der Waals surface area contributed by atoms with Gasteiger partial charge in [-0.25, -0.2) is 4.79 Å². The number of hydrogen-bond donors (Lipinski definition) is 2. The first kappa shape index (κ1) is 24.3. The van der Waals surface area contributed by atoms with Crippen LogP contribution < -0.4 is 0 Å². The highest BCUT2D eigenvalue weighted by Crippen LogP contribution is 2.31. The molecule has 0 spiro atoms. The van der Waals surface area contributed by atoms with Crippen LogP contribution in [0.1, 0.15) is 51.7 Å². The Balaban J connectivity index is 2.04. The van der Waals surface area contributed by atoms with E-state index in [0.29, 0.717) is 25.9 Å². The number of nitrogens with zero attached hydrogens (tertiary/aromatic N) is 2. The van der Waals surface area contributed by atoms with Crippen molar-refractivity contribution in [2.75, 3.05) is 0 Å². The monoisotopic (exact) mass is 438 g/mol. The van der Waals surface area contributed by atoms with E-state index in [2.05, 4.69) is 27.7 Å². The number of rotatable bonds is 8. The van der Waals surface area contributed by atoms with Crippen molar-refractivity contribution in [3.8, 4) is 0 Å². The predicted octanol–water partition coefficient (Wildman–Crippen LogP) is 4.68. The lowest BCUT2D eigenvalue weighted by Gasteiger charge is -2.36. The number of aliphatic hydroxyl groups is 2. The molecule has 1 saturated heterocycles. The predicted molar refractivity (Wildman–Crippen MR) is 128 cm³/mol. The molecule has 2 aromatic carbocycles. The molecule has 0 radical (unpaired) electrons. The molecule has 0 saturated carbocycles. The summed E-state index contributed by atoms with van der Waals surface area (Å²) in [7, 11) is 0. The Labute approximate surface area is 192 Å². The van der Waals surface area contributed by atoms with Gasteiger partial charge in [0.15, 0.2) is 0 Å². The third-order valence-electron chi connectivity index (χ3n) is 6.25. The summed E-state index contributed by atoms with van der Waals surface area (Å²) in [6, 6.07) is 18.7. The zero-order valence-electron chi connectivity index (χ0n) is 19.8. The Morgan fingerprint density at radius 2 is 1.03 bits per heavy atom. The van der Waals surface area contributed by atoms with Gasteiger partial charge in [-0.1, -0.05) is 88.4 Å². The third-order valence-corrected chi connectivity index (χ3v) is 6.25. The standard InChI is InChI=1S/C27H38N2O3/c1-19(2)15-23-25(30)26(31)24(16-20(3)4)29(18-22-13-9-6-10-14-22)27(32)28(23)17-21-11-7-5-8-12-21/h5-14,19-20,23-26,30-31H,15-18H2,1-4H3/t23-,24-,25+,26+/m1/s1. The summed E-state index contributed by atoms with van der Waals surface area (Å²) in [6.45, 7) is 9.15. The van der Waals surface area contributed by atoms with Crippen LogP contribution >= 0.6 is 0 Å². The van der Waals surface area contributed by atoms with E-state index in [1.54, 1.807) is 9.80 Å². The second-order valence-corrected chi connectivity index (χ2v) is 9.88. The topological polar surface area (TPSA) is 64.0 Å². The first-order valence-corrected chi connectivity index (χ1v) is 11.8. The summed E-state index contributed by atoms with van der Waals surface area (Å²) in [6.07, 6.45) is -0.751. The van der Waals surface area contributed by atoms with E-state index in [1.807, 2.05) is 60.7 Å². The van der Waals surface area contributed by atoms with E-state index < -0.39 is 24.3 Å². The van der Waals surface area contributed by atoms with Gasteiger partial charge >= 0.3 is 6.03 Å². The molecule has 174 valence electrons. The Kier molecular flexibility index (Phi) is 8.32. The molecule has 0 bridgehead atoms. The minimum Gasteiger partial charge on any atom is -0.388 e. The van der Waals surface area contributed by atoms with E-state index in [4.69, 9.17) is 0 Å². The van der Waals surface area contributed by atoms with Crippen molar-refractivity contribution >= 4 is 6.03 Å². The summed E-state index contributed by atoms with van der Waals surface area (Å²) < 4.78 is 0. The summed E-state index contributed by atoms with van der Waals surface area (Å²) >= 11 is 0. The van der Waals surface area contributed by atoms with Crippen LogP contribution in [0.15, 0.2) is 60.7 Å². The molecule has 1 aliphatic heterocycles. The molecule has 0 unspecified atom stereocenters. The number of urea groups is 1. The molecule has 32 heavy (non-hydrogen) atoms. The summed E-state index contributed by atoms with van der Waals surface area (Å²) in [5, 5.41) is 22.7. The summed E-state index contributed by atoms with van der Waals surface area (Å²) in [5.74, 6) is 0.550. The van der Waals surface area contributed by atoms with Crippen LogP contribution in [0.3, 0.4) is 0 Å². The lowest BCUT2D eigenvalue weighted by molar-refractivity contribution is -0.0483. The highest BCUT2D eigenvalue weighted by molar-refractivity contribution is 5.76. The lowest BCUT2D eigenvalue weighted by Crippen LogP contribution is -2.49. The summed E-state index contributed by atoms with van der Waals surface area (Å²) in [5.41, 5.74) is 2.02. The summed E-state index contributed by atoms with van der Waals surface area (Å²) in [4.78, 5) is 17.6. The number of hydrogen-bond acceptors (Lipinski definition) is 3. The van der Waals surface area contributed by atoms with Gasteiger partial charge in [0.05, 0.1) is 12.1 Å². The van der Waals surface area contributed by atoms with Gasteiger partial charge in [-0.3, -0.25) is 0 Å². The molecule has 2 N–H and O–H groups in total. The van der Waals surface area contributed by atoms with Crippen LogP contribution in [0.4, 0.5) is 4.79 Å². The first-order chi connectivity index (χ1) is 15.3. The zero-order chi connectivity index (χ0) is 23.3. The van der Waals surface area contributed by atoms with Gasteiger partial charge in [-0.05, 0) is 35.8 Å². The molecule has 1 heterocycles. The molecule has 2 aromatic rings.